The fourth-order valence-electron chi connectivity index (χ4n) is 2.67. The molecule has 0 fully saturated rings. The van der Waals surface area contributed by atoms with Crippen LogP contribution in [0, 0.1) is 6.92 Å². The molecule has 2 aromatic carbocycles. The SMILES string of the molecule is COc1ccc(OC)c(NC(=O)C(=O)N/N=C(\C)CC(=O)Nc2cc(C)ccc2OC)c1. The third-order valence-electron chi connectivity index (χ3n) is 4.25. The van der Waals surface area contributed by atoms with Gasteiger partial charge in [-0.1, -0.05) is 6.07 Å². The molecule has 0 saturated heterocycles. The van der Waals surface area contributed by atoms with Crippen LogP contribution < -0.4 is 30.3 Å². The Morgan fingerprint density at radius 1 is 0.844 bits per heavy atom. The van der Waals surface area contributed by atoms with Crippen LogP contribution in [0.15, 0.2) is 41.5 Å². The fourth-order valence-corrected chi connectivity index (χ4v) is 2.67. The number of methoxy groups -OCH3 is 3. The van der Waals surface area contributed by atoms with Gasteiger partial charge in [0, 0.05) is 11.8 Å². The summed E-state index contributed by atoms with van der Waals surface area (Å²) in [6.07, 6.45) is -0.0945. The summed E-state index contributed by atoms with van der Waals surface area (Å²) in [7, 11) is 4.42. The molecule has 2 aromatic rings. The topological polar surface area (TPSA) is 127 Å². The summed E-state index contributed by atoms with van der Waals surface area (Å²) in [5, 5.41) is 8.98. The number of anilines is 2. The van der Waals surface area contributed by atoms with E-state index in [0.29, 0.717) is 28.6 Å². The van der Waals surface area contributed by atoms with Gasteiger partial charge in [-0.25, -0.2) is 5.43 Å². The standard InChI is InChI=1S/C22H26N4O6/c1-13-6-8-18(31-4)16(10-13)23-20(27)11-14(2)25-26-22(29)21(28)24-17-12-15(30-3)7-9-19(17)32-5/h6-10,12H,11H2,1-5H3,(H,23,27)(H,24,28)(H,26,29)/b25-14+. The highest BCUT2D eigenvalue weighted by atomic mass is 16.5. The van der Waals surface area contributed by atoms with Crippen molar-refractivity contribution in [3.05, 3.63) is 42.0 Å². The molecule has 3 N–H and O–H groups in total. The molecule has 10 nitrogen and oxygen atoms in total. The third-order valence-corrected chi connectivity index (χ3v) is 4.25. The molecule has 0 aromatic heterocycles. The lowest BCUT2D eigenvalue weighted by Gasteiger charge is -2.11. The molecule has 170 valence electrons. The second kappa shape index (κ2) is 11.3. The molecule has 0 spiro atoms. The number of ether oxygens (including phenoxy) is 3. The Hall–Kier alpha value is -4.08. The van der Waals surface area contributed by atoms with Gasteiger partial charge in [-0.3, -0.25) is 14.4 Å². The lowest BCUT2D eigenvalue weighted by molar-refractivity contribution is -0.136. The first-order chi connectivity index (χ1) is 15.3. The van der Waals surface area contributed by atoms with Gasteiger partial charge >= 0.3 is 11.8 Å². The predicted molar refractivity (Wildman–Crippen MR) is 120 cm³/mol. The number of amides is 3. The van der Waals surface area contributed by atoms with Crippen molar-refractivity contribution in [2.45, 2.75) is 20.3 Å². The number of carbonyl (C=O) groups excluding carboxylic acids is 3. The molecule has 0 aliphatic heterocycles. The molecule has 2 rings (SSSR count). The van der Waals surface area contributed by atoms with Crippen LogP contribution in [0.4, 0.5) is 11.4 Å². The van der Waals surface area contributed by atoms with E-state index in [0.717, 1.165) is 5.56 Å². The summed E-state index contributed by atoms with van der Waals surface area (Å²) >= 11 is 0. The highest BCUT2D eigenvalue weighted by Crippen LogP contribution is 2.28. The van der Waals surface area contributed by atoms with Crippen LogP contribution in [-0.4, -0.2) is 44.8 Å². The molecule has 32 heavy (non-hydrogen) atoms. The number of benzene rings is 2. The van der Waals surface area contributed by atoms with Crippen LogP contribution in [-0.2, 0) is 14.4 Å². The Kier molecular flexibility index (Phi) is 8.58. The second-order valence-electron chi connectivity index (χ2n) is 6.74. The fraction of sp³-hybridized carbons (Fsp3) is 0.273. The monoisotopic (exact) mass is 442 g/mol. The Morgan fingerprint density at radius 3 is 2.09 bits per heavy atom. The summed E-state index contributed by atoms with van der Waals surface area (Å²) in [6, 6.07) is 10.2. The van der Waals surface area contributed by atoms with Crippen LogP contribution >= 0.6 is 0 Å². The molecule has 0 radical (unpaired) electrons. The maximum atomic E-state index is 12.3. The minimum atomic E-state index is -1.00. The van der Waals surface area contributed by atoms with Crippen molar-refractivity contribution < 1.29 is 28.6 Å². The predicted octanol–water partition coefficient (Wildman–Crippen LogP) is 2.48. The summed E-state index contributed by atoms with van der Waals surface area (Å²) < 4.78 is 15.5. The van der Waals surface area contributed by atoms with Gasteiger partial charge < -0.3 is 24.8 Å². The minimum absolute atomic E-state index is 0.0945. The van der Waals surface area contributed by atoms with E-state index in [4.69, 9.17) is 14.2 Å². The molecule has 10 heteroatoms. The maximum Gasteiger partial charge on any atom is 0.329 e. The van der Waals surface area contributed by atoms with Gasteiger partial charge in [0.2, 0.25) is 5.91 Å². The Labute approximate surface area is 185 Å². The van der Waals surface area contributed by atoms with Gasteiger partial charge in [0.15, 0.2) is 0 Å². The zero-order valence-corrected chi connectivity index (χ0v) is 18.6. The smallest absolute Gasteiger partial charge is 0.329 e. The molecule has 0 aliphatic carbocycles. The van der Waals surface area contributed by atoms with Crippen molar-refractivity contribution in [1.29, 1.82) is 0 Å². The van der Waals surface area contributed by atoms with Crippen molar-refractivity contribution in [2.24, 2.45) is 5.10 Å². The van der Waals surface area contributed by atoms with E-state index in [9.17, 15) is 14.4 Å². The molecule has 0 unspecified atom stereocenters. The summed E-state index contributed by atoms with van der Waals surface area (Å²) in [5.41, 5.74) is 4.18. The Morgan fingerprint density at radius 2 is 1.47 bits per heavy atom. The number of hydrazone groups is 1. The van der Waals surface area contributed by atoms with Crippen molar-refractivity contribution in [3.63, 3.8) is 0 Å². The number of aryl methyl sites for hydroxylation is 1. The molecule has 3 amide bonds. The molecule has 0 atom stereocenters. The highest BCUT2D eigenvalue weighted by Gasteiger charge is 2.17. The number of hydrogen-bond acceptors (Lipinski definition) is 7. The van der Waals surface area contributed by atoms with Gasteiger partial charge in [0.05, 0.1) is 39.1 Å². The summed E-state index contributed by atoms with van der Waals surface area (Å²) in [5.74, 6) is -0.954. The first-order valence-electron chi connectivity index (χ1n) is 9.58. The molecule has 0 bridgehead atoms. The van der Waals surface area contributed by atoms with E-state index in [1.54, 1.807) is 31.2 Å². The average Bonchev–Trinajstić information content (AvgIpc) is 2.77. The average molecular weight is 442 g/mol. The lowest BCUT2D eigenvalue weighted by atomic mass is 10.2. The second-order valence-corrected chi connectivity index (χ2v) is 6.74. The van der Waals surface area contributed by atoms with Gasteiger partial charge in [-0.15, -0.1) is 0 Å². The van der Waals surface area contributed by atoms with Crippen molar-refractivity contribution in [1.82, 2.24) is 5.43 Å². The van der Waals surface area contributed by atoms with Gasteiger partial charge in [0.25, 0.3) is 0 Å². The number of carbonyl (C=O) groups is 3. The largest absolute Gasteiger partial charge is 0.497 e. The first kappa shape index (κ1) is 24.2. The molecular weight excluding hydrogens is 416 g/mol. The lowest BCUT2D eigenvalue weighted by Crippen LogP contribution is -2.33. The van der Waals surface area contributed by atoms with Crippen LogP contribution in [0.1, 0.15) is 18.9 Å². The van der Waals surface area contributed by atoms with E-state index in [1.807, 2.05) is 13.0 Å². The van der Waals surface area contributed by atoms with Gasteiger partial charge in [-0.2, -0.15) is 5.10 Å². The van der Waals surface area contributed by atoms with E-state index in [-0.39, 0.29) is 18.0 Å². The number of hydrogen-bond donors (Lipinski definition) is 3. The maximum absolute atomic E-state index is 12.3. The van der Waals surface area contributed by atoms with Crippen LogP contribution in [0.25, 0.3) is 0 Å². The Balaban J connectivity index is 1.95. The van der Waals surface area contributed by atoms with Gasteiger partial charge in [-0.05, 0) is 43.7 Å². The van der Waals surface area contributed by atoms with Crippen molar-refractivity contribution in [2.75, 3.05) is 32.0 Å². The summed E-state index contributed by atoms with van der Waals surface area (Å²) in [4.78, 5) is 36.5. The summed E-state index contributed by atoms with van der Waals surface area (Å²) in [6.45, 7) is 3.44. The zero-order chi connectivity index (χ0) is 23.7. The van der Waals surface area contributed by atoms with E-state index >= 15 is 0 Å². The number of nitrogens with one attached hydrogen (secondary N) is 3. The first-order valence-corrected chi connectivity index (χ1v) is 9.58. The van der Waals surface area contributed by atoms with E-state index in [1.165, 1.54) is 27.4 Å². The van der Waals surface area contributed by atoms with E-state index < -0.39 is 11.8 Å². The van der Waals surface area contributed by atoms with E-state index in [2.05, 4.69) is 21.2 Å². The van der Waals surface area contributed by atoms with Crippen molar-refractivity contribution >= 4 is 34.8 Å². The minimum Gasteiger partial charge on any atom is -0.497 e. The normalized spacial score (nSPS) is 10.7. The Bertz CT molecular complexity index is 1040. The van der Waals surface area contributed by atoms with Crippen LogP contribution in [0.5, 0.6) is 17.2 Å². The highest BCUT2D eigenvalue weighted by molar-refractivity contribution is 6.39. The number of rotatable bonds is 8. The molecular formula is C22H26N4O6. The molecule has 0 heterocycles. The number of nitrogens with zero attached hydrogens (tertiary/aromatic N) is 1. The molecule has 0 aliphatic rings. The quantitative estimate of drug-likeness (QED) is 0.327. The van der Waals surface area contributed by atoms with Crippen LogP contribution in [0.2, 0.25) is 0 Å². The zero-order valence-electron chi connectivity index (χ0n) is 18.6. The van der Waals surface area contributed by atoms with Crippen molar-refractivity contribution in [3.8, 4) is 17.2 Å². The third kappa shape index (κ3) is 6.73. The molecule has 0 saturated carbocycles. The van der Waals surface area contributed by atoms with Crippen LogP contribution in [0.3, 0.4) is 0 Å². The van der Waals surface area contributed by atoms with Gasteiger partial charge in [0.1, 0.15) is 17.2 Å².